The van der Waals surface area contributed by atoms with E-state index < -0.39 is 15.6 Å². The van der Waals surface area contributed by atoms with E-state index in [1.54, 1.807) is 11.3 Å². The molecule has 0 saturated carbocycles. The van der Waals surface area contributed by atoms with Crippen molar-refractivity contribution in [1.29, 1.82) is 0 Å². The van der Waals surface area contributed by atoms with Crippen LogP contribution >= 0.6 is 11.3 Å². The maximum Gasteiger partial charge on any atom is 0.522 e. The molecule has 0 bridgehead atoms. The summed E-state index contributed by atoms with van der Waals surface area (Å²) in [6.07, 6.45) is 0. The van der Waals surface area contributed by atoms with E-state index in [4.69, 9.17) is 13.0 Å². The van der Waals surface area contributed by atoms with Gasteiger partial charge in [-0.1, -0.05) is 84.9 Å². The lowest BCUT2D eigenvalue weighted by Gasteiger charge is -2.10. The van der Waals surface area contributed by atoms with Crippen LogP contribution in [0.25, 0.3) is 32.7 Å². The molecule has 0 spiro atoms. The molecule has 0 atom stereocenters. The Balaban J connectivity index is 0.000000293. The van der Waals surface area contributed by atoms with Gasteiger partial charge in [0.1, 0.15) is 0 Å². The smallest absolute Gasteiger partial charge is 0.279 e. The molecule has 4 rings (SSSR count). The zero-order valence-electron chi connectivity index (χ0n) is 16.0. The van der Waals surface area contributed by atoms with Crippen molar-refractivity contribution in [1.82, 2.24) is 0 Å². The molecule has 0 radical (unpaired) electrons. The summed E-state index contributed by atoms with van der Waals surface area (Å²) in [6.45, 7) is 0. The minimum absolute atomic E-state index is 1.25. The second-order valence-electron chi connectivity index (χ2n) is 6.39. The average Bonchev–Trinajstić information content (AvgIpc) is 3.29. The van der Waals surface area contributed by atoms with Gasteiger partial charge in [0, 0.05) is 4.88 Å². The normalized spacial score (nSPS) is 11.5. The zero-order valence-corrected chi connectivity index (χ0v) is 17.6. The fraction of sp³-hybridized carbons (Fsp3) is 0.0435. The van der Waals surface area contributed by atoms with E-state index in [0.29, 0.717) is 0 Å². The Labute approximate surface area is 182 Å². The summed E-state index contributed by atoms with van der Waals surface area (Å²) in [7, 11) is -5.84. The number of alkyl halides is 3. The Bertz CT molecular complexity index is 1220. The summed E-state index contributed by atoms with van der Waals surface area (Å²) in [5.74, 6) is 0. The Morgan fingerprint density at radius 3 is 1.55 bits per heavy atom. The maximum atomic E-state index is 10.7. The molecule has 4 aromatic rings. The molecule has 0 aliphatic carbocycles. The lowest BCUT2D eigenvalue weighted by Crippen LogP contribution is -2.21. The van der Waals surface area contributed by atoms with Gasteiger partial charge in [-0.25, -0.2) is 0 Å². The zero-order chi connectivity index (χ0) is 22.5. The summed E-state index contributed by atoms with van der Waals surface area (Å²) in [5, 5.41) is 2.12. The number of hydrogen-bond donors (Lipinski definition) is 1. The molecule has 1 N–H and O–H groups in total. The second-order valence-corrected chi connectivity index (χ2v) is 8.75. The van der Waals surface area contributed by atoms with Gasteiger partial charge in [0.15, 0.2) is 0 Å². The monoisotopic (exact) mass is 462 g/mol. The van der Waals surface area contributed by atoms with Crippen LogP contribution in [0.15, 0.2) is 96.4 Å². The molecule has 0 saturated heterocycles. The highest BCUT2D eigenvalue weighted by Gasteiger charge is 2.44. The molecular weight excluding hydrogens is 445 g/mol. The molecule has 0 amide bonds. The van der Waals surface area contributed by atoms with Crippen LogP contribution in [-0.4, -0.2) is 18.5 Å². The molecule has 0 aliphatic heterocycles. The maximum absolute atomic E-state index is 10.7. The van der Waals surface area contributed by atoms with Crippen LogP contribution in [0.1, 0.15) is 0 Å². The van der Waals surface area contributed by atoms with Crippen LogP contribution in [0.5, 0.6) is 0 Å². The van der Waals surface area contributed by atoms with Gasteiger partial charge in [-0.15, -0.1) is 11.3 Å². The summed E-state index contributed by atoms with van der Waals surface area (Å²) >= 11 is 1.78. The van der Waals surface area contributed by atoms with Crippen molar-refractivity contribution in [3.05, 3.63) is 96.4 Å². The summed E-state index contributed by atoms with van der Waals surface area (Å²) in [5.41, 5.74) is 0.803. The lowest BCUT2D eigenvalue weighted by atomic mass is 9.94. The number of thiophene rings is 1. The van der Waals surface area contributed by atoms with Gasteiger partial charge in [-0.05, 0) is 39.3 Å². The standard InChI is InChI=1S/C22H16S.CHF3O3S/c1-2-7-17(8-3-1)20-9-4-5-10-21(20)18-12-14-19(15-13-18)22-11-6-16-23-22;2-1(3,4)8(5,6)7/h1-16H;(H,5,6,7). The molecule has 8 heteroatoms. The molecule has 160 valence electrons. The van der Waals surface area contributed by atoms with E-state index in [1.165, 1.54) is 32.7 Å². The summed E-state index contributed by atoms with van der Waals surface area (Å²) in [4.78, 5) is 1.31. The van der Waals surface area contributed by atoms with Gasteiger partial charge in [-0.3, -0.25) is 4.55 Å². The molecule has 3 nitrogen and oxygen atoms in total. The highest BCUT2D eigenvalue weighted by molar-refractivity contribution is 7.86. The van der Waals surface area contributed by atoms with Crippen LogP contribution in [0.2, 0.25) is 0 Å². The number of halogens is 3. The van der Waals surface area contributed by atoms with Gasteiger partial charge < -0.3 is 0 Å². The number of rotatable bonds is 3. The Hall–Kier alpha value is -2.94. The first-order valence-electron chi connectivity index (χ1n) is 8.99. The quantitative estimate of drug-likeness (QED) is 0.260. The first-order chi connectivity index (χ1) is 14.7. The van der Waals surface area contributed by atoms with Crippen molar-refractivity contribution in [2.45, 2.75) is 5.51 Å². The molecule has 0 unspecified atom stereocenters. The van der Waals surface area contributed by atoms with Crippen molar-refractivity contribution in [3.63, 3.8) is 0 Å². The lowest BCUT2D eigenvalue weighted by molar-refractivity contribution is -0.0510. The molecular formula is C23H17F3O3S2. The van der Waals surface area contributed by atoms with Crippen LogP contribution in [-0.2, 0) is 10.1 Å². The predicted molar refractivity (Wildman–Crippen MR) is 118 cm³/mol. The van der Waals surface area contributed by atoms with Crippen LogP contribution in [0.3, 0.4) is 0 Å². The third-order valence-corrected chi connectivity index (χ3v) is 5.81. The fourth-order valence-electron chi connectivity index (χ4n) is 2.86. The Kier molecular flexibility index (Phi) is 6.94. The van der Waals surface area contributed by atoms with Crippen molar-refractivity contribution in [2.75, 3.05) is 0 Å². The van der Waals surface area contributed by atoms with E-state index in [9.17, 15) is 13.2 Å². The second kappa shape index (κ2) is 9.47. The Morgan fingerprint density at radius 1 is 0.645 bits per heavy atom. The molecule has 3 aromatic carbocycles. The van der Waals surface area contributed by atoms with Crippen molar-refractivity contribution < 1.29 is 26.1 Å². The average molecular weight is 463 g/mol. The van der Waals surface area contributed by atoms with Crippen LogP contribution in [0.4, 0.5) is 13.2 Å². The van der Waals surface area contributed by atoms with E-state index in [2.05, 4.69) is 96.4 Å². The van der Waals surface area contributed by atoms with Gasteiger partial charge in [0.2, 0.25) is 0 Å². The van der Waals surface area contributed by atoms with Gasteiger partial charge in [0.25, 0.3) is 0 Å². The molecule has 31 heavy (non-hydrogen) atoms. The fourth-order valence-corrected chi connectivity index (χ4v) is 3.59. The first-order valence-corrected chi connectivity index (χ1v) is 11.3. The topological polar surface area (TPSA) is 54.4 Å². The van der Waals surface area contributed by atoms with Crippen molar-refractivity contribution in [2.24, 2.45) is 0 Å². The summed E-state index contributed by atoms with van der Waals surface area (Å²) < 4.78 is 57.5. The molecule has 0 fully saturated rings. The van der Waals surface area contributed by atoms with E-state index in [1.807, 2.05) is 0 Å². The van der Waals surface area contributed by atoms with E-state index in [0.717, 1.165) is 0 Å². The molecule has 0 aliphatic rings. The SMILES string of the molecule is O=S(=O)(O)C(F)(F)F.c1ccc(-c2ccccc2-c2ccc(-c3cccs3)cc2)cc1. The molecule has 1 heterocycles. The van der Waals surface area contributed by atoms with Crippen molar-refractivity contribution >= 4 is 21.5 Å². The summed E-state index contributed by atoms with van der Waals surface area (Å²) in [6, 6.07) is 32.3. The van der Waals surface area contributed by atoms with E-state index >= 15 is 0 Å². The highest BCUT2D eigenvalue weighted by Crippen LogP contribution is 2.33. The third-order valence-electron chi connectivity index (χ3n) is 4.31. The highest BCUT2D eigenvalue weighted by atomic mass is 32.2. The Morgan fingerprint density at radius 2 is 1.10 bits per heavy atom. The van der Waals surface area contributed by atoms with Gasteiger partial charge >= 0.3 is 15.6 Å². The number of benzene rings is 3. The van der Waals surface area contributed by atoms with Gasteiger partial charge in [-0.2, -0.15) is 21.6 Å². The largest absolute Gasteiger partial charge is 0.522 e. The first kappa shape index (κ1) is 22.7. The van der Waals surface area contributed by atoms with Crippen LogP contribution < -0.4 is 0 Å². The predicted octanol–water partition coefficient (Wildman–Crippen LogP) is 7.14. The van der Waals surface area contributed by atoms with Gasteiger partial charge in [0.05, 0.1) is 0 Å². The van der Waals surface area contributed by atoms with Crippen LogP contribution in [0, 0.1) is 0 Å². The minimum atomic E-state index is -5.84. The molecule has 1 aromatic heterocycles. The number of hydrogen-bond acceptors (Lipinski definition) is 3. The van der Waals surface area contributed by atoms with E-state index in [-0.39, 0.29) is 0 Å². The third kappa shape index (κ3) is 5.81. The van der Waals surface area contributed by atoms with Crippen molar-refractivity contribution in [3.8, 4) is 32.7 Å². The minimum Gasteiger partial charge on any atom is -0.279 e.